The molecule has 0 aliphatic carbocycles. The van der Waals surface area contributed by atoms with Crippen LogP contribution in [-0.2, 0) is 4.79 Å². The SMILES string of the molecule is CC[C@H](C)[C@H](N)C(=O)Nc1ccc(-c2ccn[nH]2)cc1. The van der Waals surface area contributed by atoms with Crippen LogP contribution in [0.25, 0.3) is 11.3 Å². The largest absolute Gasteiger partial charge is 0.325 e. The second kappa shape index (κ2) is 6.34. The number of anilines is 1. The van der Waals surface area contributed by atoms with E-state index in [4.69, 9.17) is 5.73 Å². The molecule has 1 amide bonds. The number of amides is 1. The lowest BCUT2D eigenvalue weighted by atomic mass is 9.99. The number of nitrogens with one attached hydrogen (secondary N) is 2. The summed E-state index contributed by atoms with van der Waals surface area (Å²) in [5, 5.41) is 9.65. The molecule has 4 N–H and O–H groups in total. The number of hydrogen-bond acceptors (Lipinski definition) is 3. The van der Waals surface area contributed by atoms with Gasteiger partial charge in [0.15, 0.2) is 0 Å². The molecule has 1 aromatic heterocycles. The zero-order valence-corrected chi connectivity index (χ0v) is 11.8. The maximum atomic E-state index is 12.0. The molecule has 5 nitrogen and oxygen atoms in total. The standard InChI is InChI=1S/C15H20N4O/c1-3-10(2)14(16)15(20)18-12-6-4-11(5-7-12)13-8-9-17-19-13/h4-10,14H,3,16H2,1-2H3,(H,17,19)(H,18,20)/t10-,14-/m0/s1. The Morgan fingerprint density at radius 2 is 2.05 bits per heavy atom. The van der Waals surface area contributed by atoms with Gasteiger partial charge in [0.1, 0.15) is 0 Å². The van der Waals surface area contributed by atoms with Crippen molar-refractivity contribution in [2.45, 2.75) is 26.3 Å². The topological polar surface area (TPSA) is 83.8 Å². The minimum absolute atomic E-state index is 0.145. The molecule has 0 aliphatic heterocycles. The highest BCUT2D eigenvalue weighted by Gasteiger charge is 2.19. The molecule has 2 rings (SSSR count). The van der Waals surface area contributed by atoms with Gasteiger partial charge in [-0.25, -0.2) is 0 Å². The average Bonchev–Trinajstić information content (AvgIpc) is 3.00. The lowest BCUT2D eigenvalue weighted by Gasteiger charge is -2.17. The third kappa shape index (κ3) is 3.24. The number of aromatic nitrogens is 2. The van der Waals surface area contributed by atoms with Gasteiger partial charge in [0, 0.05) is 11.9 Å². The molecule has 0 saturated heterocycles. The zero-order chi connectivity index (χ0) is 14.5. The van der Waals surface area contributed by atoms with Gasteiger partial charge >= 0.3 is 0 Å². The summed E-state index contributed by atoms with van der Waals surface area (Å²) < 4.78 is 0. The minimum atomic E-state index is -0.479. The van der Waals surface area contributed by atoms with E-state index >= 15 is 0 Å². The van der Waals surface area contributed by atoms with E-state index in [-0.39, 0.29) is 11.8 Å². The number of benzene rings is 1. The smallest absolute Gasteiger partial charge is 0.241 e. The van der Waals surface area contributed by atoms with Crippen LogP contribution in [0.15, 0.2) is 36.5 Å². The molecule has 0 saturated carbocycles. The third-order valence-electron chi connectivity index (χ3n) is 3.52. The van der Waals surface area contributed by atoms with Crippen LogP contribution >= 0.6 is 0 Å². The van der Waals surface area contributed by atoms with Crippen molar-refractivity contribution in [3.8, 4) is 11.3 Å². The highest BCUT2D eigenvalue weighted by molar-refractivity contribution is 5.95. The third-order valence-corrected chi connectivity index (χ3v) is 3.52. The van der Waals surface area contributed by atoms with Gasteiger partial charge in [-0.3, -0.25) is 9.89 Å². The number of aromatic amines is 1. The molecule has 0 unspecified atom stereocenters. The van der Waals surface area contributed by atoms with Gasteiger partial charge in [0.25, 0.3) is 0 Å². The first-order valence-electron chi connectivity index (χ1n) is 6.78. The molecule has 5 heteroatoms. The summed E-state index contributed by atoms with van der Waals surface area (Å²) in [6.07, 6.45) is 2.59. The Morgan fingerprint density at radius 1 is 1.35 bits per heavy atom. The number of nitrogens with two attached hydrogens (primary N) is 1. The lowest BCUT2D eigenvalue weighted by Crippen LogP contribution is -2.40. The van der Waals surface area contributed by atoms with Crippen LogP contribution in [0.2, 0.25) is 0 Å². The van der Waals surface area contributed by atoms with Crippen LogP contribution in [0.3, 0.4) is 0 Å². The molecule has 0 aliphatic rings. The zero-order valence-electron chi connectivity index (χ0n) is 11.8. The van der Waals surface area contributed by atoms with Crippen molar-refractivity contribution in [2.24, 2.45) is 11.7 Å². The van der Waals surface area contributed by atoms with Crippen molar-refractivity contribution in [3.05, 3.63) is 36.5 Å². The Balaban J connectivity index is 2.02. The Bertz CT molecular complexity index is 548. The maximum Gasteiger partial charge on any atom is 0.241 e. The van der Waals surface area contributed by atoms with Crippen LogP contribution < -0.4 is 11.1 Å². The van der Waals surface area contributed by atoms with Crippen molar-refractivity contribution in [3.63, 3.8) is 0 Å². The van der Waals surface area contributed by atoms with Crippen LogP contribution in [0, 0.1) is 5.92 Å². The van der Waals surface area contributed by atoms with Crippen molar-refractivity contribution < 1.29 is 4.79 Å². The fourth-order valence-corrected chi connectivity index (χ4v) is 1.89. The normalized spacial score (nSPS) is 13.8. The van der Waals surface area contributed by atoms with Gasteiger partial charge in [-0.15, -0.1) is 0 Å². The summed E-state index contributed by atoms with van der Waals surface area (Å²) in [5.74, 6) is 0.0212. The molecule has 0 radical (unpaired) electrons. The number of carbonyl (C=O) groups is 1. The summed E-state index contributed by atoms with van der Waals surface area (Å²) >= 11 is 0. The van der Waals surface area contributed by atoms with Crippen molar-refractivity contribution in [1.82, 2.24) is 10.2 Å². The van der Waals surface area contributed by atoms with Crippen molar-refractivity contribution in [2.75, 3.05) is 5.32 Å². The Morgan fingerprint density at radius 3 is 2.60 bits per heavy atom. The maximum absolute atomic E-state index is 12.0. The molecule has 106 valence electrons. The van der Waals surface area contributed by atoms with E-state index in [9.17, 15) is 4.79 Å². The van der Waals surface area contributed by atoms with Gasteiger partial charge in [0.2, 0.25) is 5.91 Å². The second-order valence-corrected chi connectivity index (χ2v) is 4.95. The predicted octanol–water partition coefficient (Wildman–Crippen LogP) is 2.39. The summed E-state index contributed by atoms with van der Waals surface area (Å²) in [6.45, 7) is 4.00. The van der Waals surface area contributed by atoms with E-state index in [1.807, 2.05) is 44.2 Å². The lowest BCUT2D eigenvalue weighted by molar-refractivity contribution is -0.118. The molecule has 0 spiro atoms. The van der Waals surface area contributed by atoms with Gasteiger partial charge in [0.05, 0.1) is 11.7 Å². The molecular formula is C15H20N4O. The van der Waals surface area contributed by atoms with E-state index in [1.165, 1.54) is 0 Å². The van der Waals surface area contributed by atoms with E-state index in [1.54, 1.807) is 6.20 Å². The summed E-state index contributed by atoms with van der Waals surface area (Å²) in [6, 6.07) is 8.99. The fraction of sp³-hybridized carbons (Fsp3) is 0.333. The highest BCUT2D eigenvalue weighted by atomic mass is 16.2. The van der Waals surface area contributed by atoms with E-state index in [0.717, 1.165) is 23.4 Å². The molecule has 0 fully saturated rings. The summed E-state index contributed by atoms with van der Waals surface area (Å²) in [4.78, 5) is 12.0. The predicted molar refractivity (Wildman–Crippen MR) is 80.1 cm³/mol. The van der Waals surface area contributed by atoms with Crippen LogP contribution in [0.4, 0.5) is 5.69 Å². The first-order valence-corrected chi connectivity index (χ1v) is 6.78. The number of hydrogen-bond donors (Lipinski definition) is 3. The minimum Gasteiger partial charge on any atom is -0.325 e. The van der Waals surface area contributed by atoms with Crippen molar-refractivity contribution >= 4 is 11.6 Å². The Labute approximate surface area is 118 Å². The first-order chi connectivity index (χ1) is 9.61. The van der Waals surface area contributed by atoms with Gasteiger partial charge in [-0.2, -0.15) is 5.10 Å². The molecule has 1 aromatic carbocycles. The monoisotopic (exact) mass is 272 g/mol. The van der Waals surface area contributed by atoms with E-state index in [0.29, 0.717) is 0 Å². The number of nitrogens with zero attached hydrogens (tertiary/aromatic N) is 1. The van der Waals surface area contributed by atoms with E-state index in [2.05, 4.69) is 15.5 Å². The van der Waals surface area contributed by atoms with Gasteiger partial charge in [-0.1, -0.05) is 32.4 Å². The average molecular weight is 272 g/mol. The van der Waals surface area contributed by atoms with E-state index < -0.39 is 6.04 Å². The number of carbonyl (C=O) groups excluding carboxylic acids is 1. The fourth-order valence-electron chi connectivity index (χ4n) is 1.89. The van der Waals surface area contributed by atoms with Crippen LogP contribution in [0.1, 0.15) is 20.3 Å². The van der Waals surface area contributed by atoms with Crippen molar-refractivity contribution in [1.29, 1.82) is 0 Å². The Kier molecular flexibility index (Phi) is 4.53. The molecule has 2 aromatic rings. The highest BCUT2D eigenvalue weighted by Crippen LogP contribution is 2.19. The molecular weight excluding hydrogens is 252 g/mol. The second-order valence-electron chi connectivity index (χ2n) is 4.95. The van der Waals surface area contributed by atoms with Gasteiger partial charge in [-0.05, 0) is 29.7 Å². The van der Waals surface area contributed by atoms with Gasteiger partial charge < -0.3 is 11.1 Å². The summed E-state index contributed by atoms with van der Waals surface area (Å²) in [7, 11) is 0. The molecule has 0 bridgehead atoms. The summed E-state index contributed by atoms with van der Waals surface area (Å²) in [5.41, 5.74) is 8.61. The molecule has 20 heavy (non-hydrogen) atoms. The molecule has 1 heterocycles. The number of rotatable bonds is 5. The quantitative estimate of drug-likeness (QED) is 0.781. The van der Waals surface area contributed by atoms with Crippen LogP contribution in [0.5, 0.6) is 0 Å². The molecule has 2 atom stereocenters. The Hall–Kier alpha value is -2.14. The first kappa shape index (κ1) is 14.3. The van der Waals surface area contributed by atoms with Crippen LogP contribution in [-0.4, -0.2) is 22.1 Å². The number of H-pyrrole nitrogens is 1.